The standard InChI is InChI=1S/C13H20N6O2/c1-7(2)20-13-18-11(14-5)17-12(19-13)16-9(4)10-15-6-8(3)21-10/h6-7,9H,1-5H3,(H2,14,16,17,18,19). The molecule has 0 fully saturated rings. The number of nitrogens with zero attached hydrogens (tertiary/aromatic N) is 4. The SMILES string of the molecule is CNc1nc(NC(C)c2ncc(C)o2)nc(OC(C)C)n1. The van der Waals surface area contributed by atoms with Crippen molar-refractivity contribution < 1.29 is 9.15 Å². The van der Waals surface area contributed by atoms with Crippen molar-refractivity contribution in [3.63, 3.8) is 0 Å². The molecule has 114 valence electrons. The number of ether oxygens (including phenoxy) is 1. The molecule has 0 saturated heterocycles. The first-order valence-electron chi connectivity index (χ1n) is 6.77. The minimum Gasteiger partial charge on any atom is -0.461 e. The molecule has 0 aliphatic heterocycles. The Morgan fingerprint density at radius 3 is 2.43 bits per heavy atom. The van der Waals surface area contributed by atoms with Crippen molar-refractivity contribution in [1.82, 2.24) is 19.9 Å². The molecule has 0 radical (unpaired) electrons. The number of hydrogen-bond acceptors (Lipinski definition) is 8. The summed E-state index contributed by atoms with van der Waals surface area (Å²) >= 11 is 0. The van der Waals surface area contributed by atoms with E-state index in [0.717, 1.165) is 5.76 Å². The summed E-state index contributed by atoms with van der Waals surface area (Å²) in [7, 11) is 1.74. The second-order valence-corrected chi connectivity index (χ2v) is 4.86. The van der Waals surface area contributed by atoms with E-state index in [1.54, 1.807) is 13.2 Å². The molecule has 21 heavy (non-hydrogen) atoms. The van der Waals surface area contributed by atoms with Crippen LogP contribution in [0.4, 0.5) is 11.9 Å². The topological polar surface area (TPSA) is 98.0 Å². The molecule has 0 saturated carbocycles. The highest BCUT2D eigenvalue weighted by atomic mass is 16.5. The Balaban J connectivity index is 2.18. The van der Waals surface area contributed by atoms with E-state index in [-0.39, 0.29) is 18.2 Å². The summed E-state index contributed by atoms with van der Waals surface area (Å²) in [5.74, 6) is 2.16. The maximum atomic E-state index is 5.51. The van der Waals surface area contributed by atoms with Crippen LogP contribution < -0.4 is 15.4 Å². The van der Waals surface area contributed by atoms with Crippen LogP contribution in [0.3, 0.4) is 0 Å². The monoisotopic (exact) mass is 292 g/mol. The molecule has 8 nitrogen and oxygen atoms in total. The molecule has 1 unspecified atom stereocenters. The highest BCUT2D eigenvalue weighted by molar-refractivity contribution is 5.36. The lowest BCUT2D eigenvalue weighted by atomic mass is 10.3. The predicted molar refractivity (Wildman–Crippen MR) is 78.4 cm³/mol. The zero-order valence-corrected chi connectivity index (χ0v) is 12.8. The number of aromatic nitrogens is 4. The molecule has 2 aromatic heterocycles. The van der Waals surface area contributed by atoms with E-state index in [1.165, 1.54) is 0 Å². The fourth-order valence-corrected chi connectivity index (χ4v) is 1.62. The van der Waals surface area contributed by atoms with Gasteiger partial charge in [-0.25, -0.2) is 4.98 Å². The van der Waals surface area contributed by atoms with Crippen molar-refractivity contribution in [2.24, 2.45) is 0 Å². The first kappa shape index (κ1) is 15.0. The minimum atomic E-state index is -0.169. The Labute approximate surface area is 123 Å². The third kappa shape index (κ3) is 4.04. The molecule has 2 aromatic rings. The molecule has 0 bridgehead atoms. The van der Waals surface area contributed by atoms with E-state index in [1.807, 2.05) is 27.7 Å². The third-order valence-corrected chi connectivity index (χ3v) is 2.53. The van der Waals surface area contributed by atoms with Gasteiger partial charge in [-0.2, -0.15) is 15.0 Å². The average Bonchev–Trinajstić information content (AvgIpc) is 2.84. The van der Waals surface area contributed by atoms with Crippen molar-refractivity contribution in [2.75, 3.05) is 17.7 Å². The molecular weight excluding hydrogens is 272 g/mol. The van der Waals surface area contributed by atoms with Crippen LogP contribution in [-0.4, -0.2) is 33.1 Å². The molecule has 0 spiro atoms. The molecule has 8 heteroatoms. The fourth-order valence-electron chi connectivity index (χ4n) is 1.62. The fraction of sp³-hybridized carbons (Fsp3) is 0.538. The quantitative estimate of drug-likeness (QED) is 0.836. The number of anilines is 2. The largest absolute Gasteiger partial charge is 0.461 e. The highest BCUT2D eigenvalue weighted by Crippen LogP contribution is 2.19. The van der Waals surface area contributed by atoms with E-state index in [0.29, 0.717) is 17.8 Å². The number of hydrogen-bond donors (Lipinski definition) is 2. The van der Waals surface area contributed by atoms with Crippen LogP contribution in [0.1, 0.15) is 38.5 Å². The van der Waals surface area contributed by atoms with E-state index < -0.39 is 0 Å². The van der Waals surface area contributed by atoms with Gasteiger partial charge in [0, 0.05) is 7.05 Å². The summed E-state index contributed by atoms with van der Waals surface area (Å²) < 4.78 is 11.0. The van der Waals surface area contributed by atoms with Gasteiger partial charge in [-0.15, -0.1) is 0 Å². The molecule has 2 rings (SSSR count). The summed E-state index contributed by atoms with van der Waals surface area (Å²) in [4.78, 5) is 16.8. The van der Waals surface area contributed by atoms with Gasteiger partial charge in [0.1, 0.15) is 11.8 Å². The highest BCUT2D eigenvalue weighted by Gasteiger charge is 2.15. The molecule has 1 atom stereocenters. The molecule has 0 aliphatic carbocycles. The summed E-state index contributed by atoms with van der Waals surface area (Å²) in [6, 6.07) is 0.0975. The van der Waals surface area contributed by atoms with Crippen molar-refractivity contribution in [2.45, 2.75) is 39.8 Å². The van der Waals surface area contributed by atoms with Crippen LogP contribution in [0, 0.1) is 6.92 Å². The normalized spacial score (nSPS) is 12.3. The van der Waals surface area contributed by atoms with Crippen molar-refractivity contribution in [3.05, 3.63) is 17.8 Å². The van der Waals surface area contributed by atoms with Crippen molar-refractivity contribution in [3.8, 4) is 6.01 Å². The summed E-state index contributed by atoms with van der Waals surface area (Å²) in [5, 5.41) is 6.00. The van der Waals surface area contributed by atoms with Gasteiger partial charge in [-0.05, 0) is 27.7 Å². The van der Waals surface area contributed by atoms with Crippen LogP contribution in [0.15, 0.2) is 10.6 Å². The zero-order chi connectivity index (χ0) is 15.4. The van der Waals surface area contributed by atoms with Crippen LogP contribution in [0.5, 0.6) is 6.01 Å². The van der Waals surface area contributed by atoms with Gasteiger partial charge >= 0.3 is 6.01 Å². The smallest absolute Gasteiger partial charge is 0.323 e. The van der Waals surface area contributed by atoms with E-state index >= 15 is 0 Å². The van der Waals surface area contributed by atoms with E-state index in [9.17, 15) is 0 Å². The Bertz CT molecular complexity index is 598. The Morgan fingerprint density at radius 1 is 1.14 bits per heavy atom. The van der Waals surface area contributed by atoms with E-state index in [2.05, 4.69) is 30.6 Å². The Hall–Kier alpha value is -2.38. The molecular formula is C13H20N6O2. The van der Waals surface area contributed by atoms with Gasteiger partial charge in [0.2, 0.25) is 17.8 Å². The van der Waals surface area contributed by atoms with Gasteiger partial charge in [0.05, 0.1) is 12.3 Å². The second-order valence-electron chi connectivity index (χ2n) is 4.86. The lowest BCUT2D eigenvalue weighted by Crippen LogP contribution is -2.14. The summed E-state index contributed by atoms with van der Waals surface area (Å²) in [6.07, 6.45) is 1.66. The Kier molecular flexibility index (Phi) is 4.56. The average molecular weight is 292 g/mol. The molecule has 2 N–H and O–H groups in total. The summed E-state index contributed by atoms with van der Waals surface area (Å²) in [6.45, 7) is 7.58. The van der Waals surface area contributed by atoms with E-state index in [4.69, 9.17) is 9.15 Å². The Morgan fingerprint density at radius 2 is 1.86 bits per heavy atom. The second kappa shape index (κ2) is 6.38. The zero-order valence-electron chi connectivity index (χ0n) is 12.8. The lowest BCUT2D eigenvalue weighted by molar-refractivity contribution is 0.222. The van der Waals surface area contributed by atoms with Gasteiger partial charge in [-0.1, -0.05) is 0 Å². The molecule has 2 heterocycles. The van der Waals surface area contributed by atoms with Gasteiger partial charge in [0.25, 0.3) is 0 Å². The molecule has 0 aromatic carbocycles. The third-order valence-electron chi connectivity index (χ3n) is 2.53. The molecule has 0 aliphatic rings. The minimum absolute atomic E-state index is 0.0169. The number of rotatable bonds is 6. The predicted octanol–water partition coefficient (Wildman–Crippen LogP) is 2.17. The maximum Gasteiger partial charge on any atom is 0.323 e. The number of oxazole rings is 1. The van der Waals surface area contributed by atoms with Gasteiger partial charge in [0.15, 0.2) is 0 Å². The van der Waals surface area contributed by atoms with Gasteiger partial charge < -0.3 is 19.8 Å². The van der Waals surface area contributed by atoms with Crippen LogP contribution in [0.25, 0.3) is 0 Å². The first-order valence-corrected chi connectivity index (χ1v) is 6.77. The first-order chi connectivity index (χ1) is 9.97. The molecule has 0 amide bonds. The van der Waals surface area contributed by atoms with Crippen molar-refractivity contribution >= 4 is 11.9 Å². The van der Waals surface area contributed by atoms with Crippen LogP contribution in [0.2, 0.25) is 0 Å². The van der Waals surface area contributed by atoms with Crippen LogP contribution in [-0.2, 0) is 0 Å². The van der Waals surface area contributed by atoms with Crippen molar-refractivity contribution in [1.29, 1.82) is 0 Å². The lowest BCUT2D eigenvalue weighted by Gasteiger charge is -2.13. The summed E-state index contributed by atoms with van der Waals surface area (Å²) in [5.41, 5.74) is 0. The number of aryl methyl sites for hydroxylation is 1. The van der Waals surface area contributed by atoms with Crippen LogP contribution >= 0.6 is 0 Å². The maximum absolute atomic E-state index is 5.51. The number of nitrogens with one attached hydrogen (secondary N) is 2. The van der Waals surface area contributed by atoms with Gasteiger partial charge in [-0.3, -0.25) is 0 Å².